The number of carbonyl (C=O) groups excluding carboxylic acids is 1. The molecule has 2 bridgehead atoms. The van der Waals surface area contributed by atoms with Crippen LogP contribution in [0.4, 0.5) is 4.79 Å². The number of carbonyl (C=O) groups is 1. The molecule has 0 saturated carbocycles. The fourth-order valence-corrected chi connectivity index (χ4v) is 3.71. The van der Waals surface area contributed by atoms with Crippen molar-refractivity contribution < 1.29 is 9.53 Å². The van der Waals surface area contributed by atoms with Gasteiger partial charge in [0.1, 0.15) is 6.61 Å². The molecule has 4 nitrogen and oxygen atoms in total. The SMILES string of the molecule is CNC1C[C@@H]2CCC[C@@H](C1)N2C(=O)OCc1ccccc1. The zero-order chi connectivity index (χ0) is 14.7. The molecule has 0 unspecified atom stereocenters. The molecule has 21 heavy (non-hydrogen) atoms. The Kier molecular flexibility index (Phi) is 4.44. The zero-order valence-corrected chi connectivity index (χ0v) is 12.6. The lowest BCUT2D eigenvalue weighted by atomic mass is 9.82. The minimum Gasteiger partial charge on any atom is -0.445 e. The van der Waals surface area contributed by atoms with E-state index in [1.165, 1.54) is 6.42 Å². The molecule has 114 valence electrons. The number of nitrogens with one attached hydrogen (secondary N) is 1. The smallest absolute Gasteiger partial charge is 0.410 e. The highest BCUT2D eigenvalue weighted by Gasteiger charge is 2.41. The largest absolute Gasteiger partial charge is 0.445 e. The average molecular weight is 288 g/mol. The molecular weight excluding hydrogens is 264 g/mol. The van der Waals surface area contributed by atoms with Gasteiger partial charge >= 0.3 is 6.09 Å². The first-order chi connectivity index (χ1) is 10.3. The van der Waals surface area contributed by atoms with Crippen LogP contribution in [0.3, 0.4) is 0 Å². The topological polar surface area (TPSA) is 41.6 Å². The highest BCUT2D eigenvalue weighted by molar-refractivity contribution is 5.69. The lowest BCUT2D eigenvalue weighted by molar-refractivity contribution is 0.0113. The van der Waals surface area contributed by atoms with E-state index in [4.69, 9.17) is 4.74 Å². The second kappa shape index (κ2) is 6.48. The molecule has 2 atom stereocenters. The monoisotopic (exact) mass is 288 g/mol. The summed E-state index contributed by atoms with van der Waals surface area (Å²) >= 11 is 0. The first kappa shape index (κ1) is 14.4. The van der Waals surface area contributed by atoms with Crippen molar-refractivity contribution >= 4 is 6.09 Å². The van der Waals surface area contributed by atoms with Crippen molar-refractivity contribution in [3.63, 3.8) is 0 Å². The quantitative estimate of drug-likeness (QED) is 0.930. The van der Waals surface area contributed by atoms with Gasteiger partial charge in [0, 0.05) is 18.1 Å². The van der Waals surface area contributed by atoms with E-state index < -0.39 is 0 Å². The average Bonchev–Trinajstić information content (AvgIpc) is 2.52. The fourth-order valence-electron chi connectivity index (χ4n) is 3.71. The summed E-state index contributed by atoms with van der Waals surface area (Å²) in [6.45, 7) is 0.366. The predicted molar refractivity (Wildman–Crippen MR) is 82.0 cm³/mol. The Bertz CT molecular complexity index is 463. The summed E-state index contributed by atoms with van der Waals surface area (Å²) < 4.78 is 5.54. The highest BCUT2D eigenvalue weighted by Crippen LogP contribution is 2.34. The molecule has 1 N–H and O–H groups in total. The second-order valence-electron chi connectivity index (χ2n) is 6.14. The molecule has 2 heterocycles. The fraction of sp³-hybridized carbons (Fsp3) is 0.588. The van der Waals surface area contributed by atoms with Crippen LogP contribution in [0, 0.1) is 0 Å². The van der Waals surface area contributed by atoms with Crippen molar-refractivity contribution in [2.45, 2.75) is 56.8 Å². The summed E-state index contributed by atoms with van der Waals surface area (Å²) in [4.78, 5) is 14.5. The third-order valence-corrected chi connectivity index (χ3v) is 4.80. The number of fused-ring (bicyclic) bond motifs is 2. The zero-order valence-electron chi connectivity index (χ0n) is 12.6. The van der Waals surface area contributed by atoms with Crippen LogP contribution in [0.5, 0.6) is 0 Å². The van der Waals surface area contributed by atoms with E-state index in [2.05, 4.69) is 5.32 Å². The molecule has 1 aromatic carbocycles. The molecule has 1 aromatic rings. The lowest BCUT2D eigenvalue weighted by Crippen LogP contribution is -2.57. The molecule has 0 aromatic heterocycles. The number of piperidine rings is 2. The van der Waals surface area contributed by atoms with Gasteiger partial charge in [-0.2, -0.15) is 0 Å². The Morgan fingerprint density at radius 3 is 2.52 bits per heavy atom. The summed E-state index contributed by atoms with van der Waals surface area (Å²) in [5.41, 5.74) is 1.04. The molecular formula is C17H24N2O2. The third-order valence-electron chi connectivity index (χ3n) is 4.80. The van der Waals surface area contributed by atoms with Crippen LogP contribution >= 0.6 is 0 Å². The van der Waals surface area contributed by atoms with Gasteiger partial charge in [0.05, 0.1) is 0 Å². The van der Waals surface area contributed by atoms with E-state index in [0.29, 0.717) is 24.7 Å². The predicted octanol–water partition coefficient (Wildman–Crippen LogP) is 2.93. The van der Waals surface area contributed by atoms with Gasteiger partial charge in [-0.1, -0.05) is 30.3 Å². The van der Waals surface area contributed by atoms with Crippen LogP contribution in [0.15, 0.2) is 30.3 Å². The summed E-state index contributed by atoms with van der Waals surface area (Å²) in [6.07, 6.45) is 5.40. The Morgan fingerprint density at radius 2 is 1.90 bits per heavy atom. The van der Waals surface area contributed by atoms with Gasteiger partial charge in [0.15, 0.2) is 0 Å². The number of amides is 1. The Morgan fingerprint density at radius 1 is 1.24 bits per heavy atom. The van der Waals surface area contributed by atoms with Crippen LogP contribution in [-0.4, -0.2) is 36.2 Å². The van der Waals surface area contributed by atoms with Gasteiger partial charge in [-0.3, -0.25) is 0 Å². The van der Waals surface area contributed by atoms with Crippen molar-refractivity contribution in [1.29, 1.82) is 0 Å². The normalized spacial score (nSPS) is 28.2. The van der Waals surface area contributed by atoms with Crippen molar-refractivity contribution in [1.82, 2.24) is 10.2 Å². The maximum absolute atomic E-state index is 12.5. The Labute approximate surface area is 126 Å². The van der Waals surface area contributed by atoms with Crippen LogP contribution in [-0.2, 0) is 11.3 Å². The van der Waals surface area contributed by atoms with Gasteiger partial charge in [0.2, 0.25) is 0 Å². The molecule has 2 aliphatic heterocycles. The van der Waals surface area contributed by atoms with Crippen LogP contribution < -0.4 is 5.32 Å². The third kappa shape index (κ3) is 3.21. The molecule has 2 saturated heterocycles. The molecule has 0 radical (unpaired) electrons. The Balaban J connectivity index is 1.61. The number of hydrogen-bond donors (Lipinski definition) is 1. The van der Waals surface area contributed by atoms with E-state index in [1.54, 1.807) is 0 Å². The molecule has 0 aliphatic carbocycles. The van der Waals surface area contributed by atoms with Gasteiger partial charge in [0.25, 0.3) is 0 Å². The maximum Gasteiger partial charge on any atom is 0.410 e. The van der Waals surface area contributed by atoms with Crippen LogP contribution in [0.1, 0.15) is 37.7 Å². The van der Waals surface area contributed by atoms with E-state index in [0.717, 1.165) is 31.2 Å². The van der Waals surface area contributed by atoms with Gasteiger partial charge in [-0.25, -0.2) is 4.79 Å². The lowest BCUT2D eigenvalue weighted by Gasteiger charge is -2.48. The van der Waals surface area contributed by atoms with E-state index >= 15 is 0 Å². The highest BCUT2D eigenvalue weighted by atomic mass is 16.6. The van der Waals surface area contributed by atoms with Crippen molar-refractivity contribution in [3.8, 4) is 0 Å². The van der Waals surface area contributed by atoms with Gasteiger partial charge in [-0.15, -0.1) is 0 Å². The molecule has 2 fully saturated rings. The van der Waals surface area contributed by atoms with Crippen molar-refractivity contribution in [2.75, 3.05) is 7.05 Å². The minimum absolute atomic E-state index is 0.136. The summed E-state index contributed by atoms with van der Waals surface area (Å²) in [6, 6.07) is 11.1. The molecule has 4 heteroatoms. The van der Waals surface area contributed by atoms with Gasteiger partial charge in [-0.05, 0) is 44.7 Å². The molecule has 0 spiro atoms. The standard InChI is InChI=1S/C17H24N2O2/c1-18-14-10-15-8-5-9-16(11-14)19(15)17(20)21-12-13-6-3-2-4-7-13/h2-4,6-7,14-16,18H,5,8-12H2,1H3/t15-,16-/m0/s1. The number of hydrogen-bond acceptors (Lipinski definition) is 3. The number of rotatable bonds is 3. The number of benzene rings is 1. The van der Waals surface area contributed by atoms with Crippen molar-refractivity contribution in [2.24, 2.45) is 0 Å². The minimum atomic E-state index is -0.136. The van der Waals surface area contributed by atoms with Crippen LogP contribution in [0.25, 0.3) is 0 Å². The number of ether oxygens (including phenoxy) is 1. The first-order valence-electron chi connectivity index (χ1n) is 7.94. The number of nitrogens with zero attached hydrogens (tertiary/aromatic N) is 1. The van der Waals surface area contributed by atoms with E-state index in [-0.39, 0.29) is 6.09 Å². The molecule has 2 aliphatic rings. The van der Waals surface area contributed by atoms with Crippen molar-refractivity contribution in [3.05, 3.63) is 35.9 Å². The van der Waals surface area contributed by atoms with E-state index in [9.17, 15) is 4.79 Å². The second-order valence-corrected chi connectivity index (χ2v) is 6.14. The Hall–Kier alpha value is -1.55. The first-order valence-corrected chi connectivity index (χ1v) is 7.94. The van der Waals surface area contributed by atoms with Crippen LogP contribution in [0.2, 0.25) is 0 Å². The van der Waals surface area contributed by atoms with E-state index in [1.807, 2.05) is 42.3 Å². The summed E-state index contributed by atoms with van der Waals surface area (Å²) in [5.74, 6) is 0. The maximum atomic E-state index is 12.5. The molecule has 1 amide bonds. The molecule has 3 rings (SSSR count). The summed E-state index contributed by atoms with van der Waals surface area (Å²) in [5, 5.41) is 3.37. The summed E-state index contributed by atoms with van der Waals surface area (Å²) in [7, 11) is 2.02. The van der Waals surface area contributed by atoms with Gasteiger partial charge < -0.3 is 15.0 Å².